The van der Waals surface area contributed by atoms with E-state index in [-0.39, 0.29) is 18.0 Å². The van der Waals surface area contributed by atoms with Crippen molar-refractivity contribution >= 4 is 5.91 Å². The first-order valence-electron chi connectivity index (χ1n) is 6.69. The standard InChI is InChI=1S/C14H17N5O/c1-9(10-2-4-15-5-3-10)19-14(20)12-6-11-13(7-16-12)18-8-17-11/h2-5,8-9,12,16H,6-7H2,1H3,(H,17,18)(H,19,20). The molecular weight excluding hydrogens is 254 g/mol. The number of hydrogen-bond donors (Lipinski definition) is 3. The summed E-state index contributed by atoms with van der Waals surface area (Å²) in [5.41, 5.74) is 3.08. The fourth-order valence-corrected chi connectivity index (χ4v) is 2.40. The van der Waals surface area contributed by atoms with Crippen LogP contribution in [0.15, 0.2) is 30.9 Å². The summed E-state index contributed by atoms with van der Waals surface area (Å²) in [7, 11) is 0. The summed E-state index contributed by atoms with van der Waals surface area (Å²) in [5, 5.41) is 6.24. The molecule has 1 amide bonds. The van der Waals surface area contributed by atoms with E-state index in [1.165, 1.54) is 0 Å². The molecule has 0 fully saturated rings. The van der Waals surface area contributed by atoms with Crippen molar-refractivity contribution < 1.29 is 4.79 Å². The SMILES string of the molecule is CC(NC(=O)C1Cc2nc[nH]c2CN1)c1ccncc1. The zero-order valence-electron chi connectivity index (χ0n) is 11.3. The Labute approximate surface area is 117 Å². The van der Waals surface area contributed by atoms with Gasteiger partial charge in [0.1, 0.15) is 0 Å². The van der Waals surface area contributed by atoms with Gasteiger partial charge in [0.15, 0.2) is 0 Å². The van der Waals surface area contributed by atoms with Gasteiger partial charge in [-0.15, -0.1) is 0 Å². The molecule has 0 aromatic carbocycles. The number of hydrogen-bond acceptors (Lipinski definition) is 4. The first kappa shape index (κ1) is 12.8. The van der Waals surface area contributed by atoms with E-state index in [0.29, 0.717) is 13.0 Å². The Bertz CT molecular complexity index is 595. The summed E-state index contributed by atoms with van der Waals surface area (Å²) in [4.78, 5) is 23.6. The lowest BCUT2D eigenvalue weighted by molar-refractivity contribution is -0.124. The van der Waals surface area contributed by atoms with Crippen molar-refractivity contribution in [2.45, 2.75) is 32.0 Å². The molecular formula is C14H17N5O. The molecule has 0 aliphatic carbocycles. The van der Waals surface area contributed by atoms with E-state index >= 15 is 0 Å². The first-order chi connectivity index (χ1) is 9.74. The van der Waals surface area contributed by atoms with E-state index in [9.17, 15) is 4.79 Å². The average Bonchev–Trinajstić information content (AvgIpc) is 2.95. The zero-order valence-corrected chi connectivity index (χ0v) is 11.3. The fraction of sp³-hybridized carbons (Fsp3) is 0.357. The molecule has 1 aliphatic rings. The molecule has 0 saturated carbocycles. The second-order valence-corrected chi connectivity index (χ2v) is 4.98. The maximum Gasteiger partial charge on any atom is 0.238 e. The van der Waals surface area contributed by atoms with Crippen molar-refractivity contribution in [3.05, 3.63) is 47.8 Å². The molecule has 0 spiro atoms. The van der Waals surface area contributed by atoms with Crippen LogP contribution in [0.2, 0.25) is 0 Å². The lowest BCUT2D eigenvalue weighted by Gasteiger charge is -2.24. The molecule has 2 unspecified atom stereocenters. The first-order valence-corrected chi connectivity index (χ1v) is 6.69. The highest BCUT2D eigenvalue weighted by molar-refractivity contribution is 5.82. The molecule has 20 heavy (non-hydrogen) atoms. The third kappa shape index (κ3) is 2.55. The van der Waals surface area contributed by atoms with Gasteiger partial charge in [-0.25, -0.2) is 4.98 Å². The Morgan fingerprint density at radius 1 is 1.45 bits per heavy atom. The summed E-state index contributed by atoms with van der Waals surface area (Å²) >= 11 is 0. The predicted molar refractivity (Wildman–Crippen MR) is 73.7 cm³/mol. The Morgan fingerprint density at radius 2 is 2.25 bits per heavy atom. The molecule has 3 N–H and O–H groups in total. The molecule has 6 nitrogen and oxygen atoms in total. The van der Waals surface area contributed by atoms with Crippen LogP contribution in [0.25, 0.3) is 0 Å². The zero-order chi connectivity index (χ0) is 13.9. The summed E-state index contributed by atoms with van der Waals surface area (Å²) < 4.78 is 0. The van der Waals surface area contributed by atoms with Crippen molar-refractivity contribution in [3.8, 4) is 0 Å². The Balaban J connectivity index is 1.63. The number of aromatic amines is 1. The molecule has 3 rings (SSSR count). The van der Waals surface area contributed by atoms with Crippen molar-refractivity contribution in [2.24, 2.45) is 0 Å². The largest absolute Gasteiger partial charge is 0.348 e. The van der Waals surface area contributed by atoms with Crippen LogP contribution in [0.4, 0.5) is 0 Å². The number of carbonyl (C=O) groups is 1. The molecule has 0 saturated heterocycles. The van der Waals surface area contributed by atoms with Crippen LogP contribution >= 0.6 is 0 Å². The lowest BCUT2D eigenvalue weighted by Crippen LogP contribution is -2.48. The number of fused-ring (bicyclic) bond motifs is 1. The van der Waals surface area contributed by atoms with Crippen LogP contribution in [0.5, 0.6) is 0 Å². The summed E-state index contributed by atoms with van der Waals surface area (Å²) in [5.74, 6) is 0.00274. The topological polar surface area (TPSA) is 82.7 Å². The predicted octanol–water partition coefficient (Wildman–Crippen LogP) is 0.696. The molecule has 104 valence electrons. The van der Waals surface area contributed by atoms with Crippen molar-refractivity contribution in [1.82, 2.24) is 25.6 Å². The van der Waals surface area contributed by atoms with Gasteiger partial charge < -0.3 is 10.3 Å². The highest BCUT2D eigenvalue weighted by Gasteiger charge is 2.26. The van der Waals surface area contributed by atoms with E-state index < -0.39 is 0 Å². The minimum Gasteiger partial charge on any atom is -0.348 e. The second kappa shape index (κ2) is 5.42. The van der Waals surface area contributed by atoms with Gasteiger partial charge in [-0.2, -0.15) is 0 Å². The van der Waals surface area contributed by atoms with Gasteiger partial charge in [0.25, 0.3) is 0 Å². The molecule has 2 atom stereocenters. The highest BCUT2D eigenvalue weighted by Crippen LogP contribution is 2.14. The minimum atomic E-state index is -0.227. The Hall–Kier alpha value is -2.21. The third-order valence-corrected chi connectivity index (χ3v) is 3.61. The van der Waals surface area contributed by atoms with Crippen LogP contribution in [-0.2, 0) is 17.8 Å². The van der Waals surface area contributed by atoms with Gasteiger partial charge >= 0.3 is 0 Å². The quantitative estimate of drug-likeness (QED) is 0.767. The van der Waals surface area contributed by atoms with Crippen LogP contribution < -0.4 is 10.6 Å². The molecule has 0 bridgehead atoms. The second-order valence-electron chi connectivity index (χ2n) is 4.98. The number of pyridine rings is 1. The molecule has 2 aromatic rings. The monoisotopic (exact) mass is 271 g/mol. The van der Waals surface area contributed by atoms with E-state index in [1.54, 1.807) is 18.7 Å². The Kier molecular flexibility index (Phi) is 3.47. The van der Waals surface area contributed by atoms with Gasteiger partial charge in [-0.05, 0) is 24.6 Å². The number of nitrogens with one attached hydrogen (secondary N) is 3. The number of imidazole rings is 1. The van der Waals surface area contributed by atoms with Crippen LogP contribution in [0.1, 0.15) is 29.9 Å². The van der Waals surface area contributed by atoms with Gasteiger partial charge in [-0.1, -0.05) is 0 Å². The summed E-state index contributed by atoms with van der Waals surface area (Å²) in [6.07, 6.45) is 5.75. The maximum atomic E-state index is 12.3. The minimum absolute atomic E-state index is 0.00274. The van der Waals surface area contributed by atoms with E-state index in [2.05, 4.69) is 25.6 Å². The molecule has 0 radical (unpaired) electrons. The van der Waals surface area contributed by atoms with Gasteiger partial charge in [-0.3, -0.25) is 15.1 Å². The molecule has 3 heterocycles. The van der Waals surface area contributed by atoms with Crippen molar-refractivity contribution in [1.29, 1.82) is 0 Å². The summed E-state index contributed by atoms with van der Waals surface area (Å²) in [6, 6.07) is 3.55. The number of amides is 1. The van der Waals surface area contributed by atoms with Crippen molar-refractivity contribution in [2.75, 3.05) is 0 Å². The number of aromatic nitrogens is 3. The number of rotatable bonds is 3. The molecule has 2 aromatic heterocycles. The third-order valence-electron chi connectivity index (χ3n) is 3.61. The van der Waals surface area contributed by atoms with Crippen molar-refractivity contribution in [3.63, 3.8) is 0 Å². The van der Waals surface area contributed by atoms with Crippen LogP contribution in [-0.4, -0.2) is 26.9 Å². The smallest absolute Gasteiger partial charge is 0.238 e. The van der Waals surface area contributed by atoms with Gasteiger partial charge in [0.05, 0.1) is 29.8 Å². The lowest BCUT2D eigenvalue weighted by atomic mass is 10.0. The number of H-pyrrole nitrogens is 1. The number of carbonyl (C=O) groups excluding carboxylic acids is 1. The van der Waals surface area contributed by atoms with Gasteiger partial charge in [0, 0.05) is 25.4 Å². The fourth-order valence-electron chi connectivity index (χ4n) is 2.40. The van der Waals surface area contributed by atoms with Gasteiger partial charge in [0.2, 0.25) is 5.91 Å². The highest BCUT2D eigenvalue weighted by atomic mass is 16.2. The molecule has 6 heteroatoms. The number of nitrogens with zero attached hydrogens (tertiary/aromatic N) is 2. The van der Waals surface area contributed by atoms with E-state index in [1.807, 2.05) is 19.1 Å². The average molecular weight is 271 g/mol. The van der Waals surface area contributed by atoms with E-state index in [0.717, 1.165) is 17.0 Å². The Morgan fingerprint density at radius 3 is 3.05 bits per heavy atom. The van der Waals surface area contributed by atoms with E-state index in [4.69, 9.17) is 0 Å². The maximum absolute atomic E-state index is 12.3. The summed E-state index contributed by atoms with van der Waals surface area (Å²) in [6.45, 7) is 2.62. The molecule has 1 aliphatic heterocycles. The normalized spacial score (nSPS) is 19.1. The van der Waals surface area contributed by atoms with Crippen LogP contribution in [0.3, 0.4) is 0 Å². The van der Waals surface area contributed by atoms with Crippen LogP contribution in [0, 0.1) is 0 Å².